The van der Waals surface area contributed by atoms with Gasteiger partial charge in [-0.05, 0) is 43.7 Å². The van der Waals surface area contributed by atoms with Gasteiger partial charge in [-0.1, -0.05) is 51.5 Å². The highest BCUT2D eigenvalue weighted by molar-refractivity contribution is 9.10. The van der Waals surface area contributed by atoms with Crippen LogP contribution in [0.4, 0.5) is 0 Å². The van der Waals surface area contributed by atoms with Gasteiger partial charge in [0.2, 0.25) is 11.8 Å². The van der Waals surface area contributed by atoms with Crippen molar-refractivity contribution in [1.82, 2.24) is 15.2 Å². The number of oxazole rings is 1. The summed E-state index contributed by atoms with van der Waals surface area (Å²) in [6.45, 7) is 4.13. The van der Waals surface area contributed by atoms with E-state index in [1.165, 1.54) is 17.3 Å². The third-order valence-corrected chi connectivity index (χ3v) is 5.33. The van der Waals surface area contributed by atoms with Gasteiger partial charge in [-0.25, -0.2) is 4.98 Å². The van der Waals surface area contributed by atoms with E-state index in [2.05, 4.69) is 57.1 Å². The van der Waals surface area contributed by atoms with Crippen molar-refractivity contribution in [3.8, 4) is 22.9 Å². The first-order valence-electron chi connectivity index (χ1n) is 8.33. The Morgan fingerprint density at radius 1 is 1.04 bits per heavy atom. The second kappa shape index (κ2) is 7.70. The molecule has 5 nitrogen and oxygen atoms in total. The van der Waals surface area contributed by atoms with Crippen molar-refractivity contribution in [2.45, 2.75) is 24.8 Å². The first kappa shape index (κ1) is 18.0. The Kier molecular flexibility index (Phi) is 5.13. The fourth-order valence-electron chi connectivity index (χ4n) is 2.69. The molecule has 4 aromatic rings. The molecular weight excluding hydrogens is 426 g/mol. The Morgan fingerprint density at radius 3 is 2.74 bits per heavy atom. The molecule has 136 valence electrons. The van der Waals surface area contributed by atoms with Crippen LogP contribution < -0.4 is 0 Å². The van der Waals surface area contributed by atoms with Crippen molar-refractivity contribution in [3.05, 3.63) is 70.0 Å². The molecule has 2 aromatic heterocycles. The number of nitrogens with zero attached hydrogens (tertiary/aromatic N) is 3. The smallest absolute Gasteiger partial charge is 0.277 e. The quantitative estimate of drug-likeness (QED) is 0.350. The Labute approximate surface area is 169 Å². The monoisotopic (exact) mass is 441 g/mol. The Balaban J connectivity index is 1.45. The highest BCUT2D eigenvalue weighted by atomic mass is 79.9. The average Bonchev–Trinajstić information content (AvgIpc) is 3.29. The SMILES string of the molecule is Cc1ccc(-c2nc(CSc3nnc(-c4cccc(Br)c4)o3)co2)c(C)c1. The summed E-state index contributed by atoms with van der Waals surface area (Å²) >= 11 is 4.88. The second-order valence-electron chi connectivity index (χ2n) is 6.13. The molecule has 2 heterocycles. The molecule has 0 atom stereocenters. The Hall–Kier alpha value is -2.38. The molecule has 0 bridgehead atoms. The van der Waals surface area contributed by atoms with Crippen molar-refractivity contribution in [1.29, 1.82) is 0 Å². The molecule has 0 aliphatic carbocycles. The number of rotatable bonds is 5. The van der Waals surface area contributed by atoms with Crippen molar-refractivity contribution in [3.63, 3.8) is 0 Å². The maximum Gasteiger partial charge on any atom is 0.277 e. The summed E-state index contributed by atoms with van der Waals surface area (Å²) in [4.78, 5) is 4.58. The lowest BCUT2D eigenvalue weighted by atomic mass is 10.1. The third kappa shape index (κ3) is 4.14. The lowest BCUT2D eigenvalue weighted by Gasteiger charge is -2.02. The summed E-state index contributed by atoms with van der Waals surface area (Å²) in [6, 6.07) is 14.0. The minimum absolute atomic E-state index is 0.495. The van der Waals surface area contributed by atoms with Gasteiger partial charge in [-0.2, -0.15) is 0 Å². The summed E-state index contributed by atoms with van der Waals surface area (Å²) < 4.78 is 12.3. The molecule has 0 saturated carbocycles. The Morgan fingerprint density at radius 2 is 1.93 bits per heavy atom. The van der Waals surface area contributed by atoms with Crippen LogP contribution in [0, 0.1) is 13.8 Å². The molecule has 2 aromatic carbocycles. The van der Waals surface area contributed by atoms with Crippen molar-refractivity contribution in [2.75, 3.05) is 0 Å². The molecule has 0 spiro atoms. The van der Waals surface area contributed by atoms with Crippen LogP contribution in [-0.4, -0.2) is 15.2 Å². The van der Waals surface area contributed by atoms with Crippen molar-refractivity contribution < 1.29 is 8.83 Å². The lowest BCUT2D eigenvalue weighted by Crippen LogP contribution is -1.86. The first-order chi connectivity index (χ1) is 13.1. The van der Waals surface area contributed by atoms with Gasteiger partial charge in [-0.15, -0.1) is 10.2 Å². The fourth-order valence-corrected chi connectivity index (χ4v) is 3.73. The third-order valence-electron chi connectivity index (χ3n) is 3.99. The highest BCUT2D eigenvalue weighted by Crippen LogP contribution is 2.29. The summed E-state index contributed by atoms with van der Waals surface area (Å²) in [6.07, 6.45) is 1.67. The molecule has 7 heteroatoms. The average molecular weight is 442 g/mol. The molecule has 0 fully saturated rings. The van der Waals surface area contributed by atoms with Crippen molar-refractivity contribution in [2.24, 2.45) is 0 Å². The largest absolute Gasteiger partial charge is 0.444 e. The summed E-state index contributed by atoms with van der Waals surface area (Å²) in [5, 5.41) is 8.71. The molecular formula is C20H16BrN3O2S. The second-order valence-corrected chi connectivity index (χ2v) is 7.98. The van der Waals surface area contributed by atoms with Gasteiger partial charge >= 0.3 is 0 Å². The molecule has 0 saturated heterocycles. The molecule has 0 aliphatic rings. The van der Waals surface area contributed by atoms with Crippen LogP contribution in [0.5, 0.6) is 0 Å². The molecule has 0 amide bonds. The van der Waals surface area contributed by atoms with Gasteiger partial charge in [-0.3, -0.25) is 0 Å². The minimum Gasteiger partial charge on any atom is -0.444 e. The predicted molar refractivity (Wildman–Crippen MR) is 108 cm³/mol. The number of hydrogen-bond donors (Lipinski definition) is 0. The van der Waals surface area contributed by atoms with E-state index in [4.69, 9.17) is 8.83 Å². The zero-order valence-electron chi connectivity index (χ0n) is 14.8. The standard InChI is InChI=1S/C20H16BrN3O2S/c1-12-6-7-17(13(2)8-12)19-22-16(10-25-19)11-27-20-24-23-18(26-20)14-4-3-5-15(21)9-14/h3-10H,11H2,1-2H3. The van der Waals surface area contributed by atoms with Crippen molar-refractivity contribution >= 4 is 27.7 Å². The minimum atomic E-state index is 0.495. The maximum absolute atomic E-state index is 5.73. The topological polar surface area (TPSA) is 65.0 Å². The highest BCUT2D eigenvalue weighted by Gasteiger charge is 2.13. The van der Waals surface area contributed by atoms with E-state index >= 15 is 0 Å². The van der Waals surface area contributed by atoms with Gasteiger partial charge in [0.1, 0.15) is 6.26 Å². The van der Waals surface area contributed by atoms with Crippen LogP contribution in [0.25, 0.3) is 22.9 Å². The molecule has 0 aliphatic heterocycles. The molecule has 0 N–H and O–H groups in total. The number of aromatic nitrogens is 3. The van der Waals surface area contributed by atoms with Gasteiger partial charge in [0.15, 0.2) is 0 Å². The molecule has 27 heavy (non-hydrogen) atoms. The van der Waals surface area contributed by atoms with Crippen LogP contribution in [0.2, 0.25) is 0 Å². The van der Waals surface area contributed by atoms with Gasteiger partial charge in [0.05, 0.1) is 5.69 Å². The summed E-state index contributed by atoms with van der Waals surface area (Å²) in [5.74, 6) is 1.72. The van der Waals surface area contributed by atoms with Crippen LogP contribution in [-0.2, 0) is 5.75 Å². The number of thioether (sulfide) groups is 1. The molecule has 0 unspecified atom stereocenters. The van der Waals surface area contributed by atoms with Gasteiger partial charge in [0, 0.05) is 21.4 Å². The van der Waals surface area contributed by atoms with E-state index in [1.807, 2.05) is 30.3 Å². The van der Waals surface area contributed by atoms with E-state index in [0.29, 0.717) is 22.8 Å². The van der Waals surface area contributed by atoms with E-state index in [-0.39, 0.29) is 0 Å². The fraction of sp³-hybridized carbons (Fsp3) is 0.150. The van der Waals surface area contributed by atoms with Gasteiger partial charge in [0.25, 0.3) is 5.22 Å². The summed E-state index contributed by atoms with van der Waals surface area (Å²) in [5.41, 5.74) is 5.08. The van der Waals surface area contributed by atoms with Crippen LogP contribution in [0.3, 0.4) is 0 Å². The molecule has 4 rings (SSSR count). The zero-order chi connectivity index (χ0) is 18.8. The van der Waals surface area contributed by atoms with Crippen LogP contribution in [0.1, 0.15) is 16.8 Å². The maximum atomic E-state index is 5.73. The summed E-state index contributed by atoms with van der Waals surface area (Å²) in [7, 11) is 0. The van der Waals surface area contributed by atoms with E-state index < -0.39 is 0 Å². The number of halogens is 1. The van der Waals surface area contributed by atoms with E-state index in [0.717, 1.165) is 26.9 Å². The predicted octanol–water partition coefficient (Wildman–Crippen LogP) is 6.06. The normalized spacial score (nSPS) is 11.1. The number of hydrogen-bond acceptors (Lipinski definition) is 6. The number of benzene rings is 2. The van der Waals surface area contributed by atoms with E-state index in [9.17, 15) is 0 Å². The lowest BCUT2D eigenvalue weighted by molar-refractivity contribution is 0.466. The molecule has 0 radical (unpaired) electrons. The number of aryl methyl sites for hydroxylation is 2. The van der Waals surface area contributed by atoms with Gasteiger partial charge < -0.3 is 8.83 Å². The van der Waals surface area contributed by atoms with Crippen LogP contribution >= 0.6 is 27.7 Å². The zero-order valence-corrected chi connectivity index (χ0v) is 17.2. The van der Waals surface area contributed by atoms with E-state index in [1.54, 1.807) is 6.26 Å². The first-order valence-corrected chi connectivity index (χ1v) is 10.1. The van der Waals surface area contributed by atoms with Crippen LogP contribution in [0.15, 0.2) is 67.3 Å². The Bertz CT molecular complexity index is 1090.